The molecule has 3 aromatic carbocycles. The van der Waals surface area contributed by atoms with Gasteiger partial charge in [-0.1, -0.05) is 23.7 Å². The molecule has 0 unspecified atom stereocenters. The van der Waals surface area contributed by atoms with Gasteiger partial charge in [0, 0.05) is 41.4 Å². The summed E-state index contributed by atoms with van der Waals surface area (Å²) in [6, 6.07) is 13.9. The van der Waals surface area contributed by atoms with E-state index in [0.717, 1.165) is 6.92 Å². The van der Waals surface area contributed by atoms with Crippen LogP contribution in [-0.2, 0) is 21.4 Å². The minimum atomic E-state index is -4.10. The zero-order chi connectivity index (χ0) is 24.6. The molecule has 0 aliphatic carbocycles. The van der Waals surface area contributed by atoms with Gasteiger partial charge in [-0.15, -0.1) is 0 Å². The second-order valence-corrected chi connectivity index (χ2v) is 9.76. The van der Waals surface area contributed by atoms with E-state index in [9.17, 15) is 22.8 Å². The van der Waals surface area contributed by atoms with Crippen LogP contribution < -0.4 is 15.5 Å². The van der Waals surface area contributed by atoms with Crippen molar-refractivity contribution >= 4 is 60.9 Å². The van der Waals surface area contributed by atoms with E-state index >= 15 is 0 Å². The van der Waals surface area contributed by atoms with Crippen LogP contribution in [0.1, 0.15) is 29.8 Å². The predicted octanol–water partition coefficient (Wildman–Crippen LogP) is 4.24. The van der Waals surface area contributed by atoms with Crippen LogP contribution in [0.5, 0.6) is 0 Å². The first-order valence-electron chi connectivity index (χ1n) is 10.1. The molecule has 0 radical (unpaired) electrons. The Labute approximate surface area is 199 Å². The van der Waals surface area contributed by atoms with Crippen LogP contribution in [0.4, 0.5) is 5.69 Å². The van der Waals surface area contributed by atoms with Gasteiger partial charge in [0.15, 0.2) is 5.78 Å². The molecule has 0 saturated carbocycles. The second kappa shape index (κ2) is 8.92. The molecule has 0 fully saturated rings. The van der Waals surface area contributed by atoms with Crippen molar-refractivity contribution in [3.8, 4) is 0 Å². The van der Waals surface area contributed by atoms with E-state index in [4.69, 9.17) is 16.0 Å². The molecule has 0 aliphatic heterocycles. The summed E-state index contributed by atoms with van der Waals surface area (Å²) in [4.78, 5) is 36.1. The maximum absolute atomic E-state index is 12.9. The van der Waals surface area contributed by atoms with Crippen molar-refractivity contribution in [2.24, 2.45) is 0 Å². The van der Waals surface area contributed by atoms with Crippen LogP contribution in [0.3, 0.4) is 0 Å². The first kappa shape index (κ1) is 23.5. The molecule has 0 saturated heterocycles. The lowest BCUT2D eigenvalue weighted by atomic mass is 10.1. The Morgan fingerprint density at radius 3 is 2.47 bits per heavy atom. The topological polar surface area (TPSA) is 123 Å². The lowest BCUT2D eigenvalue weighted by Crippen LogP contribution is -2.28. The number of anilines is 1. The van der Waals surface area contributed by atoms with Gasteiger partial charge in [0.25, 0.3) is 10.0 Å². The summed E-state index contributed by atoms with van der Waals surface area (Å²) in [5, 5.41) is 4.36. The lowest BCUT2D eigenvalue weighted by Gasteiger charge is -2.14. The fourth-order valence-electron chi connectivity index (χ4n) is 3.62. The number of fused-ring (bicyclic) bond motifs is 2. The number of Topliss-reactive ketones (excluding diaryl/α,β-unsaturated/α-hetero) is 1. The summed E-state index contributed by atoms with van der Waals surface area (Å²) in [7, 11) is -4.10. The molecule has 4 rings (SSSR count). The van der Waals surface area contributed by atoms with Gasteiger partial charge >= 0.3 is 0 Å². The van der Waals surface area contributed by atoms with E-state index in [1.54, 1.807) is 36.4 Å². The fourth-order valence-corrected chi connectivity index (χ4v) is 4.80. The average Bonchev–Trinajstić information content (AvgIpc) is 2.76. The smallest absolute Gasteiger partial charge is 0.264 e. The average molecular weight is 499 g/mol. The number of amides is 1. The molecule has 34 heavy (non-hydrogen) atoms. The number of ketones is 1. The highest BCUT2D eigenvalue weighted by molar-refractivity contribution is 7.90. The van der Waals surface area contributed by atoms with Crippen molar-refractivity contribution in [1.29, 1.82) is 0 Å². The van der Waals surface area contributed by atoms with Gasteiger partial charge in [-0.3, -0.25) is 14.4 Å². The van der Waals surface area contributed by atoms with Crippen molar-refractivity contribution in [2.45, 2.75) is 25.3 Å². The monoisotopic (exact) mass is 498 g/mol. The van der Waals surface area contributed by atoms with Gasteiger partial charge < -0.3 is 9.73 Å². The van der Waals surface area contributed by atoms with E-state index < -0.39 is 15.9 Å². The number of sulfonamides is 1. The van der Waals surface area contributed by atoms with Crippen LogP contribution in [-0.4, -0.2) is 20.1 Å². The third-order valence-corrected chi connectivity index (χ3v) is 6.84. The maximum atomic E-state index is 12.9. The normalized spacial score (nSPS) is 11.5. The van der Waals surface area contributed by atoms with Crippen LogP contribution in [0, 0.1) is 0 Å². The number of halogens is 1. The molecule has 8 nitrogen and oxygen atoms in total. The van der Waals surface area contributed by atoms with E-state index in [1.807, 2.05) is 4.72 Å². The SMILES string of the molecule is CC(=O)NS(=O)(=O)c1ccc(NCc2cccc3c(=O)c4ccc(Cl)cc4oc23)c(C(C)=O)c1. The van der Waals surface area contributed by atoms with Gasteiger partial charge in [-0.2, -0.15) is 0 Å². The minimum absolute atomic E-state index is 0.130. The summed E-state index contributed by atoms with van der Waals surface area (Å²) in [5.74, 6) is -1.11. The Hall–Kier alpha value is -3.69. The number of nitrogens with one attached hydrogen (secondary N) is 2. The van der Waals surface area contributed by atoms with E-state index in [2.05, 4.69) is 5.32 Å². The molecule has 174 valence electrons. The zero-order valence-corrected chi connectivity index (χ0v) is 19.7. The largest absolute Gasteiger partial charge is 0.455 e. The van der Waals surface area contributed by atoms with E-state index in [-0.39, 0.29) is 28.2 Å². The summed E-state index contributed by atoms with van der Waals surface area (Å²) in [6.07, 6.45) is 0. The van der Waals surface area contributed by atoms with Gasteiger partial charge in [-0.25, -0.2) is 13.1 Å². The standard InChI is InChI=1S/C24H19ClN2O6S/c1-13(28)20-11-17(34(31,32)27-14(2)29)7-9-21(20)26-12-15-4-3-5-19-23(30)18-8-6-16(25)10-22(18)33-24(15)19/h3-11,26H,12H2,1-2H3,(H,27,29). The molecular formula is C24H19ClN2O6S. The minimum Gasteiger partial charge on any atom is -0.455 e. The Kier molecular flexibility index (Phi) is 6.16. The molecule has 0 atom stereocenters. The highest BCUT2D eigenvalue weighted by atomic mass is 35.5. The third-order valence-electron chi connectivity index (χ3n) is 5.17. The lowest BCUT2D eigenvalue weighted by molar-refractivity contribution is -0.117. The van der Waals surface area contributed by atoms with E-state index in [1.165, 1.54) is 25.1 Å². The highest BCUT2D eigenvalue weighted by Crippen LogP contribution is 2.26. The van der Waals surface area contributed by atoms with Gasteiger partial charge in [0.1, 0.15) is 11.2 Å². The highest BCUT2D eigenvalue weighted by Gasteiger charge is 2.19. The molecule has 2 N–H and O–H groups in total. The first-order chi connectivity index (χ1) is 16.1. The third kappa shape index (κ3) is 4.52. The van der Waals surface area contributed by atoms with Gasteiger partial charge in [0.05, 0.1) is 15.7 Å². The summed E-state index contributed by atoms with van der Waals surface area (Å²) >= 11 is 6.05. The quantitative estimate of drug-likeness (QED) is 0.301. The summed E-state index contributed by atoms with van der Waals surface area (Å²) in [5.41, 5.74) is 1.72. The summed E-state index contributed by atoms with van der Waals surface area (Å²) < 4.78 is 32.5. The van der Waals surface area contributed by atoms with Crippen molar-refractivity contribution in [3.05, 3.63) is 81.0 Å². The fraction of sp³-hybridized carbons (Fsp3) is 0.125. The zero-order valence-electron chi connectivity index (χ0n) is 18.1. The molecule has 1 aromatic heterocycles. The number of hydrogen-bond donors (Lipinski definition) is 2. The Morgan fingerprint density at radius 2 is 1.76 bits per heavy atom. The second-order valence-electron chi connectivity index (χ2n) is 7.64. The van der Waals surface area contributed by atoms with Crippen LogP contribution in [0.25, 0.3) is 21.9 Å². The predicted molar refractivity (Wildman–Crippen MR) is 130 cm³/mol. The van der Waals surface area contributed by atoms with Crippen LogP contribution >= 0.6 is 11.6 Å². The molecule has 1 heterocycles. The molecule has 0 bridgehead atoms. The van der Waals surface area contributed by atoms with Crippen molar-refractivity contribution in [3.63, 3.8) is 0 Å². The maximum Gasteiger partial charge on any atom is 0.264 e. The molecule has 4 aromatic rings. The molecule has 1 amide bonds. The Balaban J connectivity index is 1.73. The van der Waals surface area contributed by atoms with E-state index in [0.29, 0.717) is 38.2 Å². The van der Waals surface area contributed by atoms with Crippen LogP contribution in [0.2, 0.25) is 5.02 Å². The Morgan fingerprint density at radius 1 is 1.00 bits per heavy atom. The number of carbonyl (C=O) groups excluding carboxylic acids is 2. The number of hydrogen-bond acceptors (Lipinski definition) is 7. The number of benzene rings is 3. The van der Waals surface area contributed by atoms with Crippen LogP contribution in [0.15, 0.2) is 68.7 Å². The first-order valence-corrected chi connectivity index (χ1v) is 12.0. The molecular weight excluding hydrogens is 480 g/mol. The summed E-state index contributed by atoms with van der Waals surface area (Å²) in [6.45, 7) is 2.58. The molecule has 0 spiro atoms. The molecule has 10 heteroatoms. The Bertz CT molecular complexity index is 1640. The van der Waals surface area contributed by atoms with Crippen molar-refractivity contribution in [2.75, 3.05) is 5.32 Å². The van der Waals surface area contributed by atoms with Crippen molar-refractivity contribution < 1.29 is 22.4 Å². The molecule has 0 aliphatic rings. The number of rotatable bonds is 6. The number of para-hydroxylation sites is 1. The van der Waals surface area contributed by atoms with Gasteiger partial charge in [0.2, 0.25) is 11.3 Å². The van der Waals surface area contributed by atoms with Crippen molar-refractivity contribution in [1.82, 2.24) is 4.72 Å². The number of carbonyl (C=O) groups is 2. The van der Waals surface area contributed by atoms with Gasteiger partial charge in [-0.05, 0) is 43.3 Å².